The van der Waals surface area contributed by atoms with Crippen molar-refractivity contribution in [2.75, 3.05) is 18.0 Å². The Hall–Kier alpha value is -3.86. The Morgan fingerprint density at radius 1 is 0.773 bits per heavy atom. The first-order valence-electron chi connectivity index (χ1n) is 16.4. The number of fused-ring (bicyclic) bond motifs is 6. The molecule has 2 aliphatic carbocycles. The molecule has 8 rings (SSSR count). The van der Waals surface area contributed by atoms with Crippen LogP contribution >= 0.6 is 0 Å². The summed E-state index contributed by atoms with van der Waals surface area (Å²) in [4.78, 5) is 2.40. The maximum Gasteiger partial charge on any atom is 0.123 e. The van der Waals surface area contributed by atoms with Gasteiger partial charge in [0, 0.05) is 29.8 Å². The molecule has 4 aromatic carbocycles. The van der Waals surface area contributed by atoms with Gasteiger partial charge in [0.05, 0.1) is 12.1 Å². The summed E-state index contributed by atoms with van der Waals surface area (Å²) >= 11 is 0. The summed E-state index contributed by atoms with van der Waals surface area (Å²) in [6, 6.07) is 30.6. The molecule has 0 radical (unpaired) electrons. The predicted molar refractivity (Wildman–Crippen MR) is 180 cm³/mol. The van der Waals surface area contributed by atoms with Crippen LogP contribution in [0.5, 0.6) is 0 Å². The van der Waals surface area contributed by atoms with E-state index in [-0.39, 0.29) is 23.4 Å². The molecule has 4 nitrogen and oxygen atoms in total. The number of anilines is 1. The van der Waals surface area contributed by atoms with Crippen LogP contribution < -0.4 is 10.2 Å². The molecule has 1 unspecified atom stereocenters. The third-order valence-corrected chi connectivity index (χ3v) is 10.6. The Bertz CT molecular complexity index is 1740. The minimum Gasteiger partial charge on any atom is -0.509 e. The molecule has 44 heavy (non-hydrogen) atoms. The molecule has 4 atom stereocenters. The van der Waals surface area contributed by atoms with Crippen LogP contribution in [0.4, 0.5) is 5.69 Å². The number of nitrogens with zero attached hydrogens (tertiary/aromatic N) is 1. The van der Waals surface area contributed by atoms with Gasteiger partial charge < -0.3 is 20.4 Å². The number of rotatable bonds is 4. The first-order chi connectivity index (χ1) is 21.3. The van der Waals surface area contributed by atoms with Crippen molar-refractivity contribution in [3.8, 4) is 22.3 Å². The number of hydrogen-bond acceptors (Lipinski definition) is 4. The van der Waals surface area contributed by atoms with Gasteiger partial charge in [-0.05, 0) is 99.8 Å². The monoisotopic (exact) mass is 582 g/mol. The fourth-order valence-electron chi connectivity index (χ4n) is 8.35. The molecule has 4 heteroatoms. The molecule has 3 N–H and O–H groups in total. The fourth-order valence-corrected chi connectivity index (χ4v) is 8.35. The molecular weight excluding hydrogens is 540 g/mol. The molecule has 0 amide bonds. The fraction of sp³-hybridized carbons (Fsp3) is 0.350. The van der Waals surface area contributed by atoms with Crippen LogP contribution in [0.2, 0.25) is 0 Å². The highest BCUT2D eigenvalue weighted by molar-refractivity contribution is 6.02. The Morgan fingerprint density at radius 3 is 2.14 bits per heavy atom. The summed E-state index contributed by atoms with van der Waals surface area (Å²) < 4.78 is 0. The lowest BCUT2D eigenvalue weighted by Gasteiger charge is -2.29. The molecule has 0 aromatic heterocycles. The van der Waals surface area contributed by atoms with E-state index in [1.807, 2.05) is 0 Å². The summed E-state index contributed by atoms with van der Waals surface area (Å²) in [6.07, 6.45) is 3.59. The second-order valence-corrected chi connectivity index (χ2v) is 14.2. The van der Waals surface area contributed by atoms with E-state index in [0.29, 0.717) is 5.76 Å². The molecule has 2 heterocycles. The van der Waals surface area contributed by atoms with Crippen molar-refractivity contribution in [2.45, 2.75) is 76.0 Å². The van der Waals surface area contributed by atoms with E-state index in [1.165, 1.54) is 38.9 Å². The Morgan fingerprint density at radius 2 is 1.48 bits per heavy atom. The first kappa shape index (κ1) is 27.7. The zero-order valence-electron chi connectivity index (χ0n) is 26.0. The highest BCUT2D eigenvalue weighted by Gasteiger charge is 2.40. The van der Waals surface area contributed by atoms with Crippen molar-refractivity contribution in [3.05, 3.63) is 119 Å². The first-order valence-corrected chi connectivity index (χ1v) is 16.4. The maximum atomic E-state index is 12.1. The molecule has 2 saturated heterocycles. The van der Waals surface area contributed by atoms with Crippen molar-refractivity contribution >= 4 is 11.3 Å². The SMILES string of the molecule is CC(C)(C)c1ccc2c(c1)C([C@@H](O)[C@@H]1CCCN1)c1ccc(N3CCC[C@H]3C(O)=C3c4ccccc4-c4ccccc43)cc1-2. The highest BCUT2D eigenvalue weighted by Crippen LogP contribution is 2.51. The predicted octanol–water partition coefficient (Wildman–Crippen LogP) is 8.18. The summed E-state index contributed by atoms with van der Waals surface area (Å²) in [5.74, 6) is 0.416. The lowest BCUT2D eigenvalue weighted by atomic mass is 9.82. The van der Waals surface area contributed by atoms with Crippen LogP contribution in [0.25, 0.3) is 27.8 Å². The van der Waals surface area contributed by atoms with Crippen molar-refractivity contribution in [2.24, 2.45) is 0 Å². The van der Waals surface area contributed by atoms with E-state index in [1.54, 1.807) is 0 Å². The third kappa shape index (κ3) is 4.26. The molecular formula is C40H42N2O2. The number of aliphatic hydroxyl groups is 2. The van der Waals surface area contributed by atoms with Gasteiger partial charge in [0.15, 0.2) is 0 Å². The van der Waals surface area contributed by atoms with Crippen LogP contribution in [0.15, 0.2) is 90.7 Å². The van der Waals surface area contributed by atoms with Crippen LogP contribution in [0, 0.1) is 0 Å². The minimum atomic E-state index is -0.477. The Balaban J connectivity index is 1.21. The lowest BCUT2D eigenvalue weighted by Crippen LogP contribution is -2.38. The quantitative estimate of drug-likeness (QED) is 0.187. The van der Waals surface area contributed by atoms with Crippen LogP contribution in [0.1, 0.15) is 80.2 Å². The largest absolute Gasteiger partial charge is 0.509 e. The molecule has 224 valence electrons. The Labute approximate surface area is 261 Å². The highest BCUT2D eigenvalue weighted by atomic mass is 16.3. The van der Waals surface area contributed by atoms with E-state index >= 15 is 0 Å². The number of benzene rings is 4. The smallest absolute Gasteiger partial charge is 0.123 e. The maximum absolute atomic E-state index is 12.1. The zero-order chi connectivity index (χ0) is 30.2. The minimum absolute atomic E-state index is 0.0291. The molecule has 0 spiro atoms. The van der Waals surface area contributed by atoms with E-state index < -0.39 is 6.10 Å². The molecule has 2 aliphatic heterocycles. The van der Waals surface area contributed by atoms with Crippen molar-refractivity contribution in [3.63, 3.8) is 0 Å². The summed E-state index contributed by atoms with van der Waals surface area (Å²) in [6.45, 7) is 8.65. The average molecular weight is 583 g/mol. The number of nitrogens with one attached hydrogen (secondary N) is 1. The zero-order valence-corrected chi connectivity index (χ0v) is 26.0. The van der Waals surface area contributed by atoms with Gasteiger partial charge >= 0.3 is 0 Å². The lowest BCUT2D eigenvalue weighted by molar-refractivity contribution is 0.120. The van der Waals surface area contributed by atoms with Crippen LogP contribution in [0.3, 0.4) is 0 Å². The Kier molecular flexibility index (Phi) is 6.51. The van der Waals surface area contributed by atoms with E-state index in [2.05, 4.69) is 116 Å². The summed E-state index contributed by atoms with van der Waals surface area (Å²) in [5, 5.41) is 27.4. The average Bonchev–Trinajstić information content (AvgIpc) is 3.84. The standard InChI is InChI=1S/C40H42N2O2/c1-40(2,3)24-16-18-28-32-23-25(17-19-31(32)37(33(28)22-24)38(43)34-14-8-20-41-34)42-21-9-15-35(42)39(44)36-29-12-6-4-10-26(29)27-11-5-7-13-30(27)36/h4-7,10-13,16-19,22-23,34-35,37-38,41,43-44H,8-9,14-15,20-21H2,1-3H3/t34-,35-,37?,38-/m0/s1. The van der Waals surface area contributed by atoms with Crippen molar-refractivity contribution in [1.82, 2.24) is 5.32 Å². The van der Waals surface area contributed by atoms with Crippen molar-refractivity contribution < 1.29 is 10.2 Å². The van der Waals surface area contributed by atoms with E-state index in [4.69, 9.17) is 0 Å². The van der Waals surface area contributed by atoms with Crippen LogP contribution in [-0.4, -0.2) is 41.5 Å². The normalized spacial score (nSPS) is 22.5. The number of hydrogen-bond donors (Lipinski definition) is 3. The van der Waals surface area contributed by atoms with E-state index in [0.717, 1.165) is 61.2 Å². The van der Waals surface area contributed by atoms with Gasteiger partial charge in [0.25, 0.3) is 0 Å². The molecule has 4 aliphatic rings. The van der Waals surface area contributed by atoms with Gasteiger partial charge in [-0.3, -0.25) is 0 Å². The molecule has 0 saturated carbocycles. The molecule has 2 fully saturated rings. The van der Waals surface area contributed by atoms with Gasteiger partial charge in [-0.15, -0.1) is 0 Å². The summed E-state index contributed by atoms with van der Waals surface area (Å²) in [5.41, 5.74) is 13.0. The second-order valence-electron chi connectivity index (χ2n) is 14.2. The van der Waals surface area contributed by atoms with Crippen molar-refractivity contribution in [1.29, 1.82) is 0 Å². The molecule has 0 bridgehead atoms. The van der Waals surface area contributed by atoms with Gasteiger partial charge in [0.1, 0.15) is 5.76 Å². The molecule has 4 aromatic rings. The third-order valence-electron chi connectivity index (χ3n) is 10.6. The second kappa shape index (κ2) is 10.4. The van der Waals surface area contributed by atoms with Gasteiger partial charge in [0.2, 0.25) is 0 Å². The van der Waals surface area contributed by atoms with Gasteiger partial charge in [-0.25, -0.2) is 0 Å². The number of aliphatic hydroxyl groups excluding tert-OH is 2. The van der Waals surface area contributed by atoms with E-state index in [9.17, 15) is 10.2 Å². The topological polar surface area (TPSA) is 55.7 Å². The van der Waals surface area contributed by atoms with Gasteiger partial charge in [-0.1, -0.05) is 93.6 Å². The summed E-state index contributed by atoms with van der Waals surface area (Å²) in [7, 11) is 0. The van der Waals surface area contributed by atoms with Crippen LogP contribution in [-0.2, 0) is 5.41 Å². The van der Waals surface area contributed by atoms with Gasteiger partial charge in [-0.2, -0.15) is 0 Å².